The zero-order valence-electron chi connectivity index (χ0n) is 9.10. The average Bonchev–Trinajstić information content (AvgIpc) is 2.84. The van der Waals surface area contributed by atoms with Gasteiger partial charge in [0.05, 0.1) is 0 Å². The lowest BCUT2D eigenvalue weighted by molar-refractivity contribution is 0.273. The molecule has 2 fully saturated rings. The predicted octanol–water partition coefficient (Wildman–Crippen LogP) is 2.95. The lowest BCUT2D eigenvalue weighted by Crippen LogP contribution is -2.34. The maximum absolute atomic E-state index is 3.72. The zero-order valence-corrected chi connectivity index (χ0v) is 9.10. The van der Waals surface area contributed by atoms with Gasteiger partial charge in [0, 0.05) is 5.54 Å². The molecule has 0 aliphatic heterocycles. The molecule has 0 saturated heterocycles. The molecule has 0 amide bonds. The van der Waals surface area contributed by atoms with Gasteiger partial charge < -0.3 is 5.32 Å². The molecule has 1 heteroatoms. The highest BCUT2D eigenvalue weighted by Gasteiger charge is 2.37. The van der Waals surface area contributed by atoms with Crippen LogP contribution in [0.3, 0.4) is 0 Å². The van der Waals surface area contributed by atoms with Crippen molar-refractivity contribution in [3.63, 3.8) is 0 Å². The molecule has 2 aliphatic rings. The van der Waals surface area contributed by atoms with Crippen LogP contribution in [0.25, 0.3) is 0 Å². The Morgan fingerprint density at radius 3 is 2.31 bits per heavy atom. The van der Waals surface area contributed by atoms with E-state index >= 15 is 0 Å². The van der Waals surface area contributed by atoms with Crippen LogP contribution in [0.2, 0.25) is 0 Å². The summed E-state index contributed by atoms with van der Waals surface area (Å²) < 4.78 is 0. The molecule has 0 aromatic carbocycles. The maximum atomic E-state index is 3.72. The van der Waals surface area contributed by atoms with E-state index in [1.165, 1.54) is 45.1 Å². The first-order valence-corrected chi connectivity index (χ1v) is 5.93. The molecule has 0 spiro atoms. The van der Waals surface area contributed by atoms with E-state index in [-0.39, 0.29) is 0 Å². The Bertz CT molecular complexity index is 164. The molecule has 0 atom stereocenters. The third kappa shape index (κ3) is 2.70. The van der Waals surface area contributed by atoms with Crippen LogP contribution in [0.1, 0.15) is 52.4 Å². The zero-order chi connectivity index (χ0) is 9.31. The lowest BCUT2D eigenvalue weighted by atomic mass is 9.83. The van der Waals surface area contributed by atoms with E-state index in [1.807, 2.05) is 0 Å². The van der Waals surface area contributed by atoms with Gasteiger partial charge in [0.1, 0.15) is 0 Å². The van der Waals surface area contributed by atoms with E-state index < -0.39 is 0 Å². The highest BCUT2D eigenvalue weighted by molar-refractivity contribution is 4.97. The summed E-state index contributed by atoms with van der Waals surface area (Å²) in [7, 11) is 0. The molecule has 76 valence electrons. The molecule has 13 heavy (non-hydrogen) atoms. The first-order chi connectivity index (χ1) is 6.18. The number of rotatable bonds is 3. The minimum Gasteiger partial charge on any atom is -0.311 e. The summed E-state index contributed by atoms with van der Waals surface area (Å²) in [5, 5.41) is 3.72. The monoisotopic (exact) mass is 181 g/mol. The molecule has 1 nitrogen and oxygen atoms in total. The van der Waals surface area contributed by atoms with Gasteiger partial charge in [-0.15, -0.1) is 0 Å². The van der Waals surface area contributed by atoms with Crippen molar-refractivity contribution in [1.29, 1.82) is 0 Å². The Morgan fingerprint density at radius 2 is 1.77 bits per heavy atom. The van der Waals surface area contributed by atoms with Gasteiger partial charge in [0.2, 0.25) is 0 Å². The highest BCUT2D eigenvalue weighted by atomic mass is 15.0. The summed E-state index contributed by atoms with van der Waals surface area (Å²) in [4.78, 5) is 0. The lowest BCUT2D eigenvalue weighted by Gasteiger charge is -2.27. The molecule has 0 radical (unpaired) electrons. The van der Waals surface area contributed by atoms with Crippen molar-refractivity contribution in [3.05, 3.63) is 0 Å². The fourth-order valence-corrected chi connectivity index (χ4v) is 2.29. The van der Waals surface area contributed by atoms with E-state index in [2.05, 4.69) is 19.2 Å². The summed E-state index contributed by atoms with van der Waals surface area (Å²) in [6, 6.07) is 0. The minimum absolute atomic E-state index is 0.545. The van der Waals surface area contributed by atoms with Gasteiger partial charge in [0.25, 0.3) is 0 Å². The van der Waals surface area contributed by atoms with Crippen LogP contribution in [0.5, 0.6) is 0 Å². The van der Waals surface area contributed by atoms with Crippen LogP contribution in [-0.2, 0) is 0 Å². The molecule has 0 aromatic heterocycles. The van der Waals surface area contributed by atoms with Crippen LogP contribution in [0.15, 0.2) is 0 Å². The van der Waals surface area contributed by atoms with Gasteiger partial charge in [-0.1, -0.05) is 19.8 Å². The summed E-state index contributed by atoms with van der Waals surface area (Å²) in [5.41, 5.74) is 0.545. The Labute approximate surface area is 82.3 Å². The summed E-state index contributed by atoms with van der Waals surface area (Å²) in [6.07, 6.45) is 8.65. The van der Waals surface area contributed by atoms with Gasteiger partial charge in [-0.3, -0.25) is 0 Å². The quantitative estimate of drug-likeness (QED) is 0.706. The third-order valence-electron chi connectivity index (χ3n) is 3.95. The smallest absolute Gasteiger partial charge is 0.0154 e. The van der Waals surface area contributed by atoms with Crippen LogP contribution in [0, 0.1) is 11.8 Å². The topological polar surface area (TPSA) is 12.0 Å². The molecule has 1 N–H and O–H groups in total. The fourth-order valence-electron chi connectivity index (χ4n) is 2.29. The van der Waals surface area contributed by atoms with Crippen molar-refractivity contribution >= 4 is 0 Å². The first kappa shape index (κ1) is 9.51. The van der Waals surface area contributed by atoms with Gasteiger partial charge in [-0.2, -0.15) is 0 Å². The first-order valence-electron chi connectivity index (χ1n) is 5.93. The minimum atomic E-state index is 0.545. The van der Waals surface area contributed by atoms with Crippen molar-refractivity contribution in [3.8, 4) is 0 Å². The predicted molar refractivity (Wildman–Crippen MR) is 56.8 cm³/mol. The van der Waals surface area contributed by atoms with E-state index in [0.717, 1.165) is 11.8 Å². The summed E-state index contributed by atoms with van der Waals surface area (Å²) >= 11 is 0. The molecular weight excluding hydrogens is 158 g/mol. The summed E-state index contributed by atoms with van der Waals surface area (Å²) in [5.74, 6) is 1.97. The second-order valence-electron chi connectivity index (χ2n) is 5.57. The molecule has 2 rings (SSSR count). The van der Waals surface area contributed by atoms with E-state index in [4.69, 9.17) is 0 Å². The van der Waals surface area contributed by atoms with E-state index in [1.54, 1.807) is 0 Å². The van der Waals surface area contributed by atoms with Crippen molar-refractivity contribution < 1.29 is 0 Å². The number of hydrogen-bond donors (Lipinski definition) is 1. The van der Waals surface area contributed by atoms with Crippen LogP contribution in [-0.4, -0.2) is 12.1 Å². The number of nitrogens with one attached hydrogen (secondary N) is 1. The standard InChI is InChI=1S/C12H23N/c1-10-3-5-11(6-4-10)9-13-12(2)7-8-12/h10-11,13H,3-9H2,1-2H3. The third-order valence-corrected chi connectivity index (χ3v) is 3.95. The van der Waals surface area contributed by atoms with Crippen molar-refractivity contribution in [1.82, 2.24) is 5.32 Å². The molecule has 2 saturated carbocycles. The van der Waals surface area contributed by atoms with Crippen LogP contribution in [0.4, 0.5) is 0 Å². The van der Waals surface area contributed by atoms with Crippen molar-refractivity contribution in [2.24, 2.45) is 11.8 Å². The maximum Gasteiger partial charge on any atom is 0.0154 e. The van der Waals surface area contributed by atoms with E-state index in [0.29, 0.717) is 5.54 Å². The van der Waals surface area contributed by atoms with Gasteiger partial charge in [0.15, 0.2) is 0 Å². The number of hydrogen-bond acceptors (Lipinski definition) is 1. The highest BCUT2D eigenvalue weighted by Crippen LogP contribution is 2.35. The van der Waals surface area contributed by atoms with Crippen molar-refractivity contribution in [2.75, 3.05) is 6.54 Å². The molecule has 0 heterocycles. The second kappa shape index (κ2) is 3.61. The molecule has 0 bridgehead atoms. The SMILES string of the molecule is CC1CCC(CNC2(C)CC2)CC1. The Kier molecular flexibility index (Phi) is 2.64. The Morgan fingerprint density at radius 1 is 1.15 bits per heavy atom. The summed E-state index contributed by atoms with van der Waals surface area (Å²) in [6.45, 7) is 6.04. The van der Waals surface area contributed by atoms with Gasteiger partial charge in [-0.25, -0.2) is 0 Å². The Balaban J connectivity index is 1.65. The van der Waals surface area contributed by atoms with Crippen LogP contribution < -0.4 is 5.32 Å². The second-order valence-corrected chi connectivity index (χ2v) is 5.57. The largest absolute Gasteiger partial charge is 0.311 e. The molecular formula is C12H23N. The van der Waals surface area contributed by atoms with E-state index in [9.17, 15) is 0 Å². The molecule has 2 aliphatic carbocycles. The molecule has 0 aromatic rings. The van der Waals surface area contributed by atoms with Crippen molar-refractivity contribution in [2.45, 2.75) is 57.9 Å². The Hall–Kier alpha value is -0.0400. The molecule has 0 unspecified atom stereocenters. The average molecular weight is 181 g/mol. The van der Waals surface area contributed by atoms with Gasteiger partial charge in [-0.05, 0) is 51.0 Å². The fraction of sp³-hybridized carbons (Fsp3) is 1.00. The van der Waals surface area contributed by atoms with Crippen LogP contribution >= 0.6 is 0 Å². The normalized spacial score (nSPS) is 37.4. The van der Waals surface area contributed by atoms with Gasteiger partial charge >= 0.3 is 0 Å².